The predicted molar refractivity (Wildman–Crippen MR) is 496 cm³/mol. The molecule has 26 rings (SSSR count). The molecule has 0 radical (unpaired) electrons. The lowest BCUT2D eigenvalue weighted by Crippen LogP contribution is -2.10. The van der Waals surface area contributed by atoms with E-state index < -0.39 is 0 Å². The second-order valence-electron chi connectivity index (χ2n) is 31.0. The third kappa shape index (κ3) is 10.5. The average Bonchev–Trinajstić information content (AvgIpc) is 1.58. The van der Waals surface area contributed by atoms with Crippen LogP contribution in [0.2, 0.25) is 0 Å². The monoisotopic (exact) mass is 1550 g/mol. The van der Waals surface area contributed by atoms with E-state index in [-0.39, 0.29) is 0 Å². The van der Waals surface area contributed by atoms with Gasteiger partial charge < -0.3 is 18.3 Å². The molecule has 0 N–H and O–H groups in total. The van der Waals surface area contributed by atoms with Crippen molar-refractivity contribution < 1.29 is 0 Å². The quantitative estimate of drug-likeness (QED) is 0.135. The van der Waals surface area contributed by atoms with Crippen LogP contribution in [-0.2, 0) is 0 Å². The molecule has 0 atom stereocenters. The maximum absolute atomic E-state index is 5.37. The van der Waals surface area contributed by atoms with E-state index in [9.17, 15) is 0 Å². The van der Waals surface area contributed by atoms with Crippen molar-refractivity contribution in [1.29, 1.82) is 0 Å². The molecule has 0 amide bonds. The van der Waals surface area contributed by atoms with Gasteiger partial charge in [0.2, 0.25) is 17.8 Å². The van der Waals surface area contributed by atoms with Crippen LogP contribution in [0.5, 0.6) is 0 Å². The number of benzene rings is 17. The summed E-state index contributed by atoms with van der Waals surface area (Å²) in [6.07, 6.45) is 0. The third-order valence-corrected chi connectivity index (χ3v) is 24.3. The van der Waals surface area contributed by atoms with Gasteiger partial charge in [-0.3, -0.25) is 13.7 Å². The van der Waals surface area contributed by atoms with E-state index in [4.69, 9.17) is 29.9 Å². The smallest absolute Gasteiger partial charge is 0.240 e. The molecule has 121 heavy (non-hydrogen) atoms. The van der Waals surface area contributed by atoms with Gasteiger partial charge in [0.05, 0.1) is 77.2 Å². The molecule has 9 heterocycles. The van der Waals surface area contributed by atoms with Gasteiger partial charge in [0.25, 0.3) is 0 Å². The molecule has 0 spiro atoms. The lowest BCUT2D eigenvalue weighted by Gasteiger charge is -2.14. The highest BCUT2D eigenvalue weighted by molar-refractivity contribution is 6.16. The van der Waals surface area contributed by atoms with Crippen LogP contribution in [0.25, 0.3) is 227 Å². The van der Waals surface area contributed by atoms with Gasteiger partial charge in [-0.25, -0.2) is 4.98 Å². The van der Waals surface area contributed by atoms with Gasteiger partial charge >= 0.3 is 0 Å². The van der Waals surface area contributed by atoms with E-state index in [1.807, 2.05) is 18.2 Å². The first-order valence-corrected chi connectivity index (χ1v) is 40.8. The van der Waals surface area contributed by atoms with E-state index in [0.717, 1.165) is 127 Å². The largest absolute Gasteiger partial charge is 0.309 e. The number of rotatable bonds is 10. The standard InChI is InChI=1S/C57H35N7.C51H32N6/c1-8-25-47-39(18-1)40-19-2-9-26-48(40)62(47)38-32-33-54-46(35-38)45-24-7-10-27-49(45)61(54)37-17-15-16-36(34-37)55-58-56(63-50-28-11-3-20-41(50)42-21-4-12-29-51(42)63)60-57(59-55)64-52-30-13-5-22-43(52)44-23-6-14-31-53(44)64;1-2-15-33(16-3-1)49-52-50(54-51(53-49)57-46-27-12-6-21-39(46)40-22-7-13-28-47(40)57)34-17-14-18-35(31-34)55-45-26-11-8-23-41(45)42-32-36(29-30-48(42)55)56-43-24-9-4-19-37(43)38-20-5-10-25-44(38)56/h1-35H;1-32H. The number of hydrogen-bond acceptors (Lipinski definition) is 6. The molecule has 0 saturated carbocycles. The lowest BCUT2D eigenvalue weighted by molar-refractivity contribution is 0.892. The van der Waals surface area contributed by atoms with Crippen molar-refractivity contribution in [2.45, 2.75) is 0 Å². The van der Waals surface area contributed by atoms with Gasteiger partial charge in [-0.1, -0.05) is 273 Å². The normalized spacial score (nSPS) is 12.0. The maximum Gasteiger partial charge on any atom is 0.240 e. The summed E-state index contributed by atoms with van der Waals surface area (Å²) in [7, 11) is 0. The van der Waals surface area contributed by atoms with Crippen molar-refractivity contribution in [2.24, 2.45) is 0 Å². The fourth-order valence-electron chi connectivity index (χ4n) is 19.1. The Balaban J connectivity index is 0.000000135. The molecule has 0 aliphatic carbocycles. The molecule has 0 bridgehead atoms. The Kier molecular flexibility index (Phi) is 15.1. The van der Waals surface area contributed by atoms with Gasteiger partial charge in [-0.2, -0.15) is 24.9 Å². The minimum Gasteiger partial charge on any atom is -0.309 e. The van der Waals surface area contributed by atoms with Crippen LogP contribution >= 0.6 is 0 Å². The zero-order valence-electron chi connectivity index (χ0n) is 65.0. The molecule has 0 unspecified atom stereocenters. The van der Waals surface area contributed by atoms with E-state index in [1.165, 1.54) is 65.2 Å². The third-order valence-electron chi connectivity index (χ3n) is 24.3. The van der Waals surface area contributed by atoms with Crippen molar-refractivity contribution in [3.05, 3.63) is 406 Å². The molecule has 26 aromatic rings. The second kappa shape index (κ2) is 27.0. The first kappa shape index (κ1) is 67.7. The number of hydrogen-bond donors (Lipinski definition) is 0. The van der Waals surface area contributed by atoms with Gasteiger partial charge in [0, 0.05) is 115 Å². The Labute approximate surface area is 691 Å². The fourth-order valence-corrected chi connectivity index (χ4v) is 19.1. The molecule has 0 aliphatic heterocycles. The van der Waals surface area contributed by atoms with Crippen LogP contribution in [-0.4, -0.2) is 61.9 Å². The molecule has 13 heteroatoms. The van der Waals surface area contributed by atoms with Crippen LogP contribution in [0.15, 0.2) is 406 Å². The summed E-state index contributed by atoms with van der Waals surface area (Å²) in [5.74, 6) is 3.50. The highest BCUT2D eigenvalue weighted by Gasteiger charge is 2.26. The molecule has 17 aromatic carbocycles. The number of fused-ring (bicyclic) bond motifs is 21. The van der Waals surface area contributed by atoms with Gasteiger partial charge in [-0.05, 0) is 133 Å². The lowest BCUT2D eigenvalue weighted by atomic mass is 10.1. The van der Waals surface area contributed by atoms with Gasteiger partial charge in [-0.15, -0.1) is 0 Å². The van der Waals surface area contributed by atoms with E-state index in [1.54, 1.807) is 0 Å². The summed E-state index contributed by atoms with van der Waals surface area (Å²) in [5.41, 5.74) is 22.6. The maximum atomic E-state index is 5.37. The Bertz CT molecular complexity index is 8370. The molecule has 0 aliphatic rings. The van der Waals surface area contributed by atoms with E-state index >= 15 is 0 Å². The Morgan fingerprint density at radius 1 is 0.124 bits per heavy atom. The summed E-state index contributed by atoms with van der Waals surface area (Å²) in [4.78, 5) is 31.6. The van der Waals surface area contributed by atoms with Crippen LogP contribution in [0.4, 0.5) is 0 Å². The molecule has 13 nitrogen and oxygen atoms in total. The first-order chi connectivity index (χ1) is 60.0. The summed E-state index contributed by atoms with van der Waals surface area (Å²) in [5, 5.41) is 16.7. The molecular formula is C108H67N13. The number of para-hydroxylation sites is 12. The topological polar surface area (TPSA) is 112 Å². The van der Waals surface area contributed by atoms with Gasteiger partial charge in [0.15, 0.2) is 17.5 Å². The average molecular weight is 1550 g/mol. The van der Waals surface area contributed by atoms with E-state index in [2.05, 4.69) is 420 Å². The van der Waals surface area contributed by atoms with Crippen molar-refractivity contribution >= 4 is 153 Å². The van der Waals surface area contributed by atoms with Crippen LogP contribution < -0.4 is 0 Å². The zero-order chi connectivity index (χ0) is 79.3. The Morgan fingerprint density at radius 3 is 0.603 bits per heavy atom. The van der Waals surface area contributed by atoms with Crippen LogP contribution in [0, 0.1) is 0 Å². The van der Waals surface area contributed by atoms with Crippen molar-refractivity contribution in [2.75, 3.05) is 0 Å². The molecular weight excluding hydrogens is 1480 g/mol. The molecule has 9 aromatic heterocycles. The highest BCUT2D eigenvalue weighted by atomic mass is 15.3. The number of aromatic nitrogens is 13. The van der Waals surface area contributed by atoms with Crippen LogP contribution in [0.3, 0.4) is 0 Å². The summed E-state index contributed by atoms with van der Waals surface area (Å²) in [6, 6.07) is 144. The minimum absolute atomic E-state index is 0.555. The highest BCUT2D eigenvalue weighted by Crippen LogP contribution is 2.43. The van der Waals surface area contributed by atoms with Crippen molar-refractivity contribution in [1.82, 2.24) is 61.9 Å². The van der Waals surface area contributed by atoms with E-state index in [0.29, 0.717) is 35.3 Å². The summed E-state index contributed by atoms with van der Waals surface area (Å²) >= 11 is 0. The number of nitrogens with zero attached hydrogens (tertiary/aromatic N) is 13. The van der Waals surface area contributed by atoms with Gasteiger partial charge in [0.1, 0.15) is 0 Å². The Morgan fingerprint density at radius 2 is 0.322 bits per heavy atom. The molecule has 0 fully saturated rings. The second-order valence-corrected chi connectivity index (χ2v) is 31.0. The SMILES string of the molecule is c1cc(-c2nc(-n3c4ccccc4c4ccccc43)nc(-n3c4ccccc4c4ccccc43)n2)cc(-n2c3ccccc3c3cc(-n4c5ccccc5c5ccccc54)ccc32)c1.c1ccc(-c2nc(-c3cccc(-n4c5ccccc5c5cc(-n6c7ccccc7c7ccccc76)ccc54)c3)nc(-n3c4ccccc4c4ccccc43)n2)cc1. The predicted octanol–water partition coefficient (Wildman–Crippen LogP) is 26.4. The molecule has 564 valence electrons. The Hall–Kier alpha value is -16.6. The summed E-state index contributed by atoms with van der Waals surface area (Å²) in [6.45, 7) is 0. The van der Waals surface area contributed by atoms with Crippen molar-refractivity contribution in [3.63, 3.8) is 0 Å². The van der Waals surface area contributed by atoms with Crippen molar-refractivity contribution in [3.8, 4) is 74.8 Å². The van der Waals surface area contributed by atoms with Crippen LogP contribution in [0.1, 0.15) is 0 Å². The fraction of sp³-hybridized carbons (Fsp3) is 0. The molecule has 0 saturated heterocycles. The zero-order valence-corrected chi connectivity index (χ0v) is 65.0. The first-order valence-electron chi connectivity index (χ1n) is 40.8. The summed E-state index contributed by atoms with van der Waals surface area (Å²) < 4.78 is 16.0. The minimum atomic E-state index is 0.555.